The van der Waals surface area contributed by atoms with Crippen LogP contribution in [0.15, 0.2) is 24.3 Å². The molecule has 0 amide bonds. The summed E-state index contributed by atoms with van der Waals surface area (Å²) in [6, 6.07) is 8.45. The first-order valence-corrected chi connectivity index (χ1v) is 5.79. The van der Waals surface area contributed by atoms with E-state index < -0.39 is 12.2 Å². The van der Waals surface area contributed by atoms with E-state index in [0.717, 1.165) is 25.9 Å². The van der Waals surface area contributed by atoms with Crippen molar-refractivity contribution < 1.29 is 4.39 Å². The molecular formula is C13H19FN2. The molecule has 2 rings (SSSR count). The average Bonchev–Trinajstić information content (AvgIpc) is 2.32. The zero-order valence-corrected chi connectivity index (χ0v) is 9.75. The van der Waals surface area contributed by atoms with Gasteiger partial charge in [-0.1, -0.05) is 17.7 Å². The number of benzene rings is 1. The van der Waals surface area contributed by atoms with E-state index in [1.807, 2.05) is 0 Å². The van der Waals surface area contributed by atoms with E-state index in [4.69, 9.17) is 5.73 Å². The third-order valence-corrected chi connectivity index (χ3v) is 3.42. The topological polar surface area (TPSA) is 29.3 Å². The Kier molecular flexibility index (Phi) is 3.15. The lowest BCUT2D eigenvalue weighted by atomic mass is 9.90. The summed E-state index contributed by atoms with van der Waals surface area (Å²) in [5.41, 5.74) is 7.82. The van der Waals surface area contributed by atoms with Crippen LogP contribution in [0.3, 0.4) is 0 Å². The molecule has 0 atom stereocenters. The summed E-state index contributed by atoms with van der Waals surface area (Å²) in [5.74, 6) is 0. The fourth-order valence-electron chi connectivity index (χ4n) is 2.10. The molecule has 2 nitrogen and oxygen atoms in total. The number of alkyl halides is 1. The second-order valence-corrected chi connectivity index (χ2v) is 4.82. The van der Waals surface area contributed by atoms with Crippen LogP contribution < -0.4 is 10.6 Å². The molecule has 1 aliphatic rings. The van der Waals surface area contributed by atoms with Gasteiger partial charge in [-0.2, -0.15) is 0 Å². The number of piperidine rings is 1. The first-order chi connectivity index (χ1) is 7.63. The van der Waals surface area contributed by atoms with E-state index in [1.165, 1.54) is 11.3 Å². The molecule has 0 saturated carbocycles. The number of hydrogen-bond acceptors (Lipinski definition) is 2. The quantitative estimate of drug-likeness (QED) is 0.831. The van der Waals surface area contributed by atoms with Crippen LogP contribution in [-0.4, -0.2) is 25.3 Å². The third kappa shape index (κ3) is 2.35. The van der Waals surface area contributed by atoms with Crippen molar-refractivity contribution in [3.05, 3.63) is 29.8 Å². The minimum Gasteiger partial charge on any atom is -0.371 e. The summed E-state index contributed by atoms with van der Waals surface area (Å²) in [5, 5.41) is 0. The van der Waals surface area contributed by atoms with E-state index >= 15 is 0 Å². The van der Waals surface area contributed by atoms with Gasteiger partial charge in [0.1, 0.15) is 6.67 Å². The van der Waals surface area contributed by atoms with E-state index in [1.54, 1.807) is 0 Å². The van der Waals surface area contributed by atoms with Crippen LogP contribution in [-0.2, 0) is 0 Å². The maximum Gasteiger partial charge on any atom is 0.107 e. The third-order valence-electron chi connectivity index (χ3n) is 3.42. The normalized spacial score (nSPS) is 19.8. The van der Waals surface area contributed by atoms with Gasteiger partial charge in [0.2, 0.25) is 0 Å². The summed E-state index contributed by atoms with van der Waals surface area (Å²) in [7, 11) is 0. The van der Waals surface area contributed by atoms with Crippen LogP contribution in [0.25, 0.3) is 0 Å². The highest BCUT2D eigenvalue weighted by Gasteiger charge is 2.30. The molecule has 0 spiro atoms. The van der Waals surface area contributed by atoms with E-state index in [9.17, 15) is 4.39 Å². The fourth-order valence-corrected chi connectivity index (χ4v) is 2.10. The molecule has 0 bridgehead atoms. The average molecular weight is 222 g/mol. The maximum atomic E-state index is 12.7. The number of aryl methyl sites for hydroxylation is 1. The molecule has 1 fully saturated rings. The molecule has 1 aliphatic heterocycles. The predicted molar refractivity (Wildman–Crippen MR) is 65.5 cm³/mol. The van der Waals surface area contributed by atoms with Crippen molar-refractivity contribution in [3.63, 3.8) is 0 Å². The lowest BCUT2D eigenvalue weighted by molar-refractivity contribution is 0.255. The van der Waals surface area contributed by atoms with E-state index in [2.05, 4.69) is 36.1 Å². The van der Waals surface area contributed by atoms with E-state index in [0.29, 0.717) is 0 Å². The highest BCUT2D eigenvalue weighted by molar-refractivity contribution is 5.48. The summed E-state index contributed by atoms with van der Waals surface area (Å²) in [6.07, 6.45) is 1.47. The monoisotopic (exact) mass is 222 g/mol. The minimum atomic E-state index is -0.582. The summed E-state index contributed by atoms with van der Waals surface area (Å²) < 4.78 is 12.7. The lowest BCUT2D eigenvalue weighted by Gasteiger charge is -2.38. The van der Waals surface area contributed by atoms with Crippen molar-refractivity contribution in [1.29, 1.82) is 0 Å². The molecule has 0 aliphatic carbocycles. The molecule has 88 valence electrons. The largest absolute Gasteiger partial charge is 0.371 e. The van der Waals surface area contributed by atoms with Crippen molar-refractivity contribution in [2.45, 2.75) is 25.3 Å². The Labute approximate surface area is 96.2 Å². The van der Waals surface area contributed by atoms with Gasteiger partial charge in [0.05, 0.1) is 0 Å². The number of rotatable bonds is 2. The highest BCUT2D eigenvalue weighted by Crippen LogP contribution is 2.25. The SMILES string of the molecule is Cc1ccc(N2CCC(N)(CF)CC2)cc1. The van der Waals surface area contributed by atoms with Gasteiger partial charge in [0.25, 0.3) is 0 Å². The number of nitrogens with zero attached hydrogens (tertiary/aromatic N) is 1. The second-order valence-electron chi connectivity index (χ2n) is 4.82. The molecule has 1 aromatic rings. The zero-order chi connectivity index (χ0) is 11.6. The first-order valence-electron chi connectivity index (χ1n) is 5.79. The summed E-state index contributed by atoms with van der Waals surface area (Å²) >= 11 is 0. The Morgan fingerprint density at radius 2 is 1.81 bits per heavy atom. The second kappa shape index (κ2) is 4.42. The minimum absolute atomic E-state index is 0.408. The standard InChI is InChI=1S/C13H19FN2/c1-11-2-4-12(5-3-11)16-8-6-13(15,10-14)7-9-16/h2-5H,6-10,15H2,1H3. The Bertz CT molecular complexity index is 339. The number of halogens is 1. The molecule has 0 radical (unpaired) electrons. The van der Waals surface area contributed by atoms with Gasteiger partial charge >= 0.3 is 0 Å². The molecule has 2 N–H and O–H groups in total. The number of nitrogens with two attached hydrogens (primary N) is 1. The molecule has 0 unspecified atom stereocenters. The fraction of sp³-hybridized carbons (Fsp3) is 0.538. The summed E-state index contributed by atoms with van der Waals surface area (Å²) in [4.78, 5) is 2.28. The first kappa shape index (κ1) is 11.4. The van der Waals surface area contributed by atoms with Gasteiger partial charge in [-0.25, -0.2) is 4.39 Å². The molecule has 3 heteroatoms. The van der Waals surface area contributed by atoms with E-state index in [-0.39, 0.29) is 0 Å². The van der Waals surface area contributed by atoms with Gasteiger partial charge in [0.15, 0.2) is 0 Å². The number of hydrogen-bond donors (Lipinski definition) is 1. The van der Waals surface area contributed by atoms with Gasteiger partial charge in [0, 0.05) is 24.3 Å². The molecule has 16 heavy (non-hydrogen) atoms. The molecule has 1 aromatic carbocycles. The van der Waals surface area contributed by atoms with Gasteiger partial charge in [-0.05, 0) is 31.9 Å². The smallest absolute Gasteiger partial charge is 0.107 e. The number of anilines is 1. The molecule has 1 saturated heterocycles. The lowest BCUT2D eigenvalue weighted by Crippen LogP contribution is -2.52. The Balaban J connectivity index is 2.01. The predicted octanol–water partition coefficient (Wildman–Crippen LogP) is 2.26. The highest BCUT2D eigenvalue weighted by atomic mass is 19.1. The van der Waals surface area contributed by atoms with Gasteiger partial charge in [-0.15, -0.1) is 0 Å². The Morgan fingerprint density at radius 3 is 2.31 bits per heavy atom. The van der Waals surface area contributed by atoms with Crippen molar-refractivity contribution in [2.24, 2.45) is 5.73 Å². The van der Waals surface area contributed by atoms with Crippen LogP contribution in [0.4, 0.5) is 10.1 Å². The van der Waals surface area contributed by atoms with Crippen LogP contribution in [0, 0.1) is 6.92 Å². The van der Waals surface area contributed by atoms with Crippen LogP contribution >= 0.6 is 0 Å². The van der Waals surface area contributed by atoms with Crippen molar-refractivity contribution in [3.8, 4) is 0 Å². The zero-order valence-electron chi connectivity index (χ0n) is 9.75. The maximum absolute atomic E-state index is 12.7. The molecule has 0 aromatic heterocycles. The van der Waals surface area contributed by atoms with Crippen molar-refractivity contribution in [1.82, 2.24) is 0 Å². The van der Waals surface area contributed by atoms with Crippen LogP contribution in [0.2, 0.25) is 0 Å². The molecular weight excluding hydrogens is 203 g/mol. The van der Waals surface area contributed by atoms with Crippen molar-refractivity contribution >= 4 is 5.69 Å². The van der Waals surface area contributed by atoms with Crippen LogP contribution in [0.1, 0.15) is 18.4 Å². The van der Waals surface area contributed by atoms with Crippen molar-refractivity contribution in [2.75, 3.05) is 24.7 Å². The van der Waals surface area contributed by atoms with Crippen LogP contribution in [0.5, 0.6) is 0 Å². The Hall–Kier alpha value is -1.09. The van der Waals surface area contributed by atoms with Gasteiger partial charge in [-0.3, -0.25) is 0 Å². The summed E-state index contributed by atoms with van der Waals surface area (Å²) in [6.45, 7) is 3.37. The molecule has 1 heterocycles. The Morgan fingerprint density at radius 1 is 1.25 bits per heavy atom. The van der Waals surface area contributed by atoms with Gasteiger partial charge < -0.3 is 10.6 Å².